The molecule has 3 aromatic rings. The van der Waals surface area contributed by atoms with Crippen molar-refractivity contribution < 1.29 is 18.8 Å². The molecule has 2 aliphatic rings. The van der Waals surface area contributed by atoms with Gasteiger partial charge in [0.1, 0.15) is 17.2 Å². The van der Waals surface area contributed by atoms with E-state index in [9.17, 15) is 14.3 Å². The molecule has 2 atom stereocenters. The van der Waals surface area contributed by atoms with Crippen LogP contribution in [0.1, 0.15) is 59.4 Å². The number of carbonyl (C=O) groups is 1. The lowest BCUT2D eigenvalue weighted by molar-refractivity contribution is 0.0232. The molecule has 2 aromatic heterocycles. The summed E-state index contributed by atoms with van der Waals surface area (Å²) in [5.74, 6) is 1.81. The number of hydrogen-bond acceptors (Lipinski definition) is 8. The number of rotatable bonds is 4. The monoisotopic (exact) mass is 490 g/mol. The molecule has 2 saturated carbocycles. The lowest BCUT2D eigenvalue weighted by atomic mass is 9.91. The molecule has 2 heterocycles. The third kappa shape index (κ3) is 4.52. The number of carbonyl (C=O) groups excluding carboxylic acids is 1. The first-order valence-electron chi connectivity index (χ1n) is 11.1. The summed E-state index contributed by atoms with van der Waals surface area (Å²) in [6.07, 6.45) is 3.81. The van der Waals surface area contributed by atoms with Crippen LogP contribution in [-0.4, -0.2) is 38.4 Å². The number of aromatic nitrogens is 4. The number of halogens is 2. The zero-order chi connectivity index (χ0) is 24.6. The Kier molecular flexibility index (Phi) is 6.64. The van der Waals surface area contributed by atoms with E-state index in [0.717, 1.165) is 30.5 Å². The van der Waals surface area contributed by atoms with E-state index in [1.165, 1.54) is 12.1 Å². The van der Waals surface area contributed by atoms with E-state index in [1.54, 1.807) is 31.8 Å². The molecule has 0 amide bonds. The number of fused-ring (bicyclic) bond motifs is 1. The van der Waals surface area contributed by atoms with Crippen molar-refractivity contribution in [1.82, 2.24) is 19.9 Å². The summed E-state index contributed by atoms with van der Waals surface area (Å²) in [4.78, 5) is 15.6. The highest BCUT2D eigenvalue weighted by molar-refractivity contribution is 6.31. The molecule has 2 aliphatic carbocycles. The minimum absolute atomic E-state index is 0.145. The van der Waals surface area contributed by atoms with Crippen molar-refractivity contribution in [3.63, 3.8) is 0 Å². The Balaban J connectivity index is 0.000000231. The van der Waals surface area contributed by atoms with Crippen LogP contribution < -0.4 is 11.1 Å². The summed E-state index contributed by atoms with van der Waals surface area (Å²) in [6, 6.07) is 4.49. The van der Waals surface area contributed by atoms with Crippen LogP contribution in [-0.2, 0) is 12.6 Å². The van der Waals surface area contributed by atoms with Gasteiger partial charge in [-0.15, -0.1) is 0 Å². The van der Waals surface area contributed by atoms with Gasteiger partial charge in [-0.2, -0.15) is 10.1 Å². The van der Waals surface area contributed by atoms with E-state index in [-0.39, 0.29) is 16.8 Å². The van der Waals surface area contributed by atoms with Gasteiger partial charge in [-0.3, -0.25) is 9.48 Å². The molecule has 11 heteroatoms. The number of aldehydes is 1. The second kappa shape index (κ2) is 9.34. The highest BCUT2D eigenvalue weighted by Crippen LogP contribution is 2.56. The van der Waals surface area contributed by atoms with Crippen LogP contribution in [0.5, 0.6) is 0 Å². The smallest absolute Gasteiger partial charge is 0.223 e. The number of hydrogen-bond donors (Lipinski definition) is 3. The fraction of sp³-hybridized carbons (Fsp3) is 0.478. The summed E-state index contributed by atoms with van der Waals surface area (Å²) in [5.41, 5.74) is 7.02. The first-order valence-corrected chi connectivity index (χ1v) is 11.5. The largest absolute Gasteiger partial charge is 0.388 e. The standard InChI is InChI=1S/C16H21N5O3.C7H7ClFN/c1-8-18-15(20-24-8)16(23)5-10-3-9(4-11(10)6-16)13-12(7-22)14(17)21(2)19-13;1-10-5-2-3-7(9)6(8)4-5/h7,9-11,23H,3-6,17H2,1-2H3;2-4,10H,1H3. The first-order chi connectivity index (χ1) is 16.1. The van der Waals surface area contributed by atoms with Gasteiger partial charge in [0.2, 0.25) is 11.7 Å². The fourth-order valence-electron chi connectivity index (χ4n) is 5.21. The lowest BCUT2D eigenvalue weighted by Gasteiger charge is -2.20. The Morgan fingerprint density at radius 1 is 1.35 bits per heavy atom. The molecule has 4 N–H and O–H groups in total. The topological polar surface area (TPSA) is 132 Å². The van der Waals surface area contributed by atoms with Crippen molar-refractivity contribution >= 4 is 29.4 Å². The number of nitrogens with two attached hydrogens (primary N) is 1. The minimum atomic E-state index is -1.01. The molecule has 1 aromatic carbocycles. The van der Waals surface area contributed by atoms with Gasteiger partial charge < -0.3 is 20.7 Å². The Morgan fingerprint density at radius 3 is 2.56 bits per heavy atom. The van der Waals surface area contributed by atoms with Gasteiger partial charge in [0.15, 0.2) is 6.29 Å². The van der Waals surface area contributed by atoms with Gasteiger partial charge in [0.05, 0.1) is 16.3 Å². The summed E-state index contributed by atoms with van der Waals surface area (Å²) in [6.45, 7) is 1.72. The Bertz CT molecular complexity index is 1180. The third-order valence-electron chi connectivity index (χ3n) is 6.86. The highest BCUT2D eigenvalue weighted by atomic mass is 35.5. The number of benzene rings is 1. The van der Waals surface area contributed by atoms with E-state index >= 15 is 0 Å². The molecule has 2 unspecified atom stereocenters. The predicted octanol–water partition coefficient (Wildman–Crippen LogP) is 3.82. The van der Waals surface area contributed by atoms with Gasteiger partial charge in [0, 0.05) is 32.6 Å². The molecular weight excluding hydrogens is 463 g/mol. The van der Waals surface area contributed by atoms with Gasteiger partial charge >= 0.3 is 0 Å². The van der Waals surface area contributed by atoms with Crippen LogP contribution >= 0.6 is 11.6 Å². The predicted molar refractivity (Wildman–Crippen MR) is 125 cm³/mol. The summed E-state index contributed by atoms with van der Waals surface area (Å²) < 4.78 is 19.1. The number of aliphatic hydroxyl groups is 1. The number of nitrogen functional groups attached to an aromatic ring is 1. The molecule has 182 valence electrons. The number of nitrogens with one attached hydrogen (secondary N) is 1. The third-order valence-corrected chi connectivity index (χ3v) is 7.15. The zero-order valence-electron chi connectivity index (χ0n) is 19.3. The molecule has 0 bridgehead atoms. The molecule has 0 spiro atoms. The summed E-state index contributed by atoms with van der Waals surface area (Å²) >= 11 is 5.48. The zero-order valence-corrected chi connectivity index (χ0v) is 20.0. The normalized spacial score (nSPS) is 25.5. The Morgan fingerprint density at radius 2 is 2.03 bits per heavy atom. The van der Waals surface area contributed by atoms with Crippen LogP contribution in [0.2, 0.25) is 5.02 Å². The van der Waals surface area contributed by atoms with Crippen molar-refractivity contribution in [1.29, 1.82) is 0 Å². The average Bonchev–Trinajstić information content (AvgIpc) is 3.54. The molecule has 34 heavy (non-hydrogen) atoms. The van der Waals surface area contributed by atoms with Crippen LogP contribution in [0.25, 0.3) is 0 Å². The minimum Gasteiger partial charge on any atom is -0.388 e. The van der Waals surface area contributed by atoms with E-state index in [2.05, 4.69) is 20.6 Å². The van der Waals surface area contributed by atoms with Gasteiger partial charge in [0.25, 0.3) is 0 Å². The van der Waals surface area contributed by atoms with Crippen molar-refractivity contribution in [3.8, 4) is 0 Å². The molecule has 0 radical (unpaired) electrons. The molecule has 5 rings (SSSR count). The van der Waals surface area contributed by atoms with Gasteiger partial charge in [-0.1, -0.05) is 16.8 Å². The summed E-state index contributed by atoms with van der Waals surface area (Å²) in [5, 5.41) is 22.2. The van der Waals surface area contributed by atoms with E-state index in [4.69, 9.17) is 21.9 Å². The average molecular weight is 491 g/mol. The second-order valence-electron chi connectivity index (χ2n) is 9.07. The highest BCUT2D eigenvalue weighted by Gasteiger charge is 2.52. The molecule has 0 aliphatic heterocycles. The molecule has 9 nitrogen and oxygen atoms in total. The van der Waals surface area contributed by atoms with Gasteiger partial charge in [-0.05, 0) is 55.7 Å². The van der Waals surface area contributed by atoms with Crippen LogP contribution in [0.3, 0.4) is 0 Å². The van der Waals surface area contributed by atoms with E-state index in [0.29, 0.717) is 47.8 Å². The van der Waals surface area contributed by atoms with Crippen molar-refractivity contribution in [2.45, 2.75) is 44.1 Å². The maximum atomic E-state index is 12.5. The molecule has 2 fully saturated rings. The Hall–Kier alpha value is -2.98. The van der Waals surface area contributed by atoms with E-state index in [1.807, 2.05) is 0 Å². The number of anilines is 2. The number of nitrogens with zero attached hydrogens (tertiary/aromatic N) is 4. The van der Waals surface area contributed by atoms with E-state index < -0.39 is 5.60 Å². The lowest BCUT2D eigenvalue weighted by Crippen LogP contribution is -2.24. The number of aryl methyl sites for hydroxylation is 2. The SMILES string of the molecule is CNc1ccc(F)c(Cl)c1.Cc1nc(C2(O)CC3CC(c4nn(C)c(N)c4C=O)CC3C2)no1. The first kappa shape index (κ1) is 24.2. The van der Waals surface area contributed by atoms with Crippen LogP contribution in [0.15, 0.2) is 22.7 Å². The maximum Gasteiger partial charge on any atom is 0.223 e. The fourth-order valence-corrected chi connectivity index (χ4v) is 5.39. The molecule has 0 saturated heterocycles. The Labute approximate surface area is 201 Å². The second-order valence-corrected chi connectivity index (χ2v) is 9.48. The van der Waals surface area contributed by atoms with Crippen LogP contribution in [0.4, 0.5) is 15.9 Å². The van der Waals surface area contributed by atoms with Gasteiger partial charge in [-0.25, -0.2) is 4.39 Å². The quantitative estimate of drug-likeness (QED) is 0.470. The van der Waals surface area contributed by atoms with Crippen molar-refractivity contribution in [3.05, 3.63) is 52.0 Å². The van der Waals surface area contributed by atoms with Crippen LogP contribution in [0, 0.1) is 24.6 Å². The summed E-state index contributed by atoms with van der Waals surface area (Å²) in [7, 11) is 3.50. The maximum absolute atomic E-state index is 12.5. The van der Waals surface area contributed by atoms with Crippen molar-refractivity contribution in [2.75, 3.05) is 18.1 Å². The van der Waals surface area contributed by atoms with Crippen molar-refractivity contribution in [2.24, 2.45) is 18.9 Å². The molecular formula is C23H28ClFN6O3.